The lowest BCUT2D eigenvalue weighted by atomic mass is 10.1. The molecule has 0 spiro atoms. The average molecular weight is 435 g/mol. The third kappa shape index (κ3) is 3.30. The number of carbonyl (C=O) groups is 1. The maximum atomic E-state index is 10.8. The predicted molar refractivity (Wildman–Crippen MR) is 127 cm³/mol. The fourth-order valence-corrected chi connectivity index (χ4v) is 3.99. The molecule has 6 rings (SSSR count). The number of aromatic nitrogens is 3. The highest BCUT2D eigenvalue weighted by atomic mass is 16.4. The van der Waals surface area contributed by atoms with Crippen molar-refractivity contribution in [3.8, 4) is 11.3 Å². The van der Waals surface area contributed by atoms with Crippen LogP contribution in [0, 0.1) is 0 Å². The van der Waals surface area contributed by atoms with Gasteiger partial charge in [-0.3, -0.25) is 5.32 Å². The lowest BCUT2D eigenvalue weighted by Gasteiger charge is -2.11. The number of furan rings is 1. The number of benzene rings is 3. The van der Waals surface area contributed by atoms with Crippen LogP contribution in [0.1, 0.15) is 0 Å². The van der Waals surface area contributed by atoms with E-state index in [2.05, 4.69) is 15.7 Å². The molecule has 1 amide bonds. The molecule has 0 fully saturated rings. The molecule has 0 atom stereocenters. The summed E-state index contributed by atoms with van der Waals surface area (Å²) in [6.45, 7) is 0. The summed E-state index contributed by atoms with van der Waals surface area (Å²) in [5, 5.41) is 21.0. The molecule has 3 N–H and O–H groups in total. The van der Waals surface area contributed by atoms with Crippen molar-refractivity contribution < 1.29 is 14.3 Å². The van der Waals surface area contributed by atoms with Crippen molar-refractivity contribution in [1.29, 1.82) is 0 Å². The van der Waals surface area contributed by atoms with Crippen LogP contribution in [0.2, 0.25) is 0 Å². The molecule has 8 heteroatoms. The first-order chi connectivity index (χ1) is 16.2. The fraction of sp³-hybridized carbons (Fsp3) is 0. The van der Waals surface area contributed by atoms with E-state index in [0.717, 1.165) is 44.4 Å². The summed E-state index contributed by atoms with van der Waals surface area (Å²) in [7, 11) is 0. The molecule has 3 aromatic heterocycles. The van der Waals surface area contributed by atoms with Gasteiger partial charge in [-0.2, -0.15) is 5.10 Å². The summed E-state index contributed by atoms with van der Waals surface area (Å²) >= 11 is 0. The lowest BCUT2D eigenvalue weighted by Crippen LogP contribution is -2.07. The van der Waals surface area contributed by atoms with Crippen LogP contribution in [0.4, 0.5) is 22.1 Å². The molecule has 0 unspecified atom stereocenters. The Hall–Kier alpha value is -4.85. The number of nitrogens with zero attached hydrogens (tertiary/aromatic N) is 3. The minimum atomic E-state index is -1.11. The first kappa shape index (κ1) is 18.9. The van der Waals surface area contributed by atoms with Crippen LogP contribution in [0.15, 0.2) is 89.5 Å². The Morgan fingerprint density at radius 1 is 0.909 bits per heavy atom. The van der Waals surface area contributed by atoms with Crippen LogP contribution < -0.4 is 10.6 Å². The molecule has 160 valence electrons. The summed E-state index contributed by atoms with van der Waals surface area (Å²) in [5.41, 5.74) is 5.35. The average Bonchev–Trinajstić information content (AvgIpc) is 3.44. The van der Waals surface area contributed by atoms with Crippen molar-refractivity contribution in [1.82, 2.24) is 14.6 Å². The summed E-state index contributed by atoms with van der Waals surface area (Å²) in [6, 6.07) is 24.8. The molecule has 0 radical (unpaired) electrons. The van der Waals surface area contributed by atoms with Crippen LogP contribution in [0.3, 0.4) is 0 Å². The Kier molecular flexibility index (Phi) is 4.22. The number of carboxylic acid groups (broad SMARTS) is 1. The normalized spacial score (nSPS) is 11.3. The molecule has 0 aliphatic carbocycles. The van der Waals surface area contributed by atoms with Crippen LogP contribution in [0.25, 0.3) is 38.7 Å². The van der Waals surface area contributed by atoms with Gasteiger partial charge in [0.05, 0.1) is 17.4 Å². The number of amides is 1. The van der Waals surface area contributed by atoms with Crippen molar-refractivity contribution in [3.05, 3.63) is 85.1 Å². The highest BCUT2D eigenvalue weighted by molar-refractivity contribution is 6.09. The highest BCUT2D eigenvalue weighted by Crippen LogP contribution is 2.36. The van der Waals surface area contributed by atoms with E-state index in [9.17, 15) is 4.79 Å². The van der Waals surface area contributed by atoms with Gasteiger partial charge in [-0.15, -0.1) is 0 Å². The summed E-state index contributed by atoms with van der Waals surface area (Å²) < 4.78 is 7.91. The van der Waals surface area contributed by atoms with E-state index in [0.29, 0.717) is 11.6 Å². The van der Waals surface area contributed by atoms with Gasteiger partial charge in [0.2, 0.25) is 5.95 Å². The number of nitrogens with one attached hydrogen (secondary N) is 2. The number of rotatable bonds is 4. The summed E-state index contributed by atoms with van der Waals surface area (Å²) in [4.78, 5) is 15.7. The first-order valence-electron chi connectivity index (χ1n) is 10.3. The second-order valence-corrected chi connectivity index (χ2v) is 7.55. The van der Waals surface area contributed by atoms with Gasteiger partial charge in [0.1, 0.15) is 11.2 Å². The Labute approximate surface area is 187 Å². The zero-order valence-electron chi connectivity index (χ0n) is 17.2. The molecule has 33 heavy (non-hydrogen) atoms. The molecule has 0 aliphatic heterocycles. The van der Waals surface area contributed by atoms with E-state index in [1.807, 2.05) is 54.6 Å². The van der Waals surface area contributed by atoms with Crippen LogP contribution in [-0.4, -0.2) is 25.8 Å². The van der Waals surface area contributed by atoms with Crippen LogP contribution in [-0.2, 0) is 0 Å². The second-order valence-electron chi connectivity index (χ2n) is 7.55. The fourth-order valence-electron chi connectivity index (χ4n) is 3.99. The summed E-state index contributed by atoms with van der Waals surface area (Å²) in [5.74, 6) is 0.527. The van der Waals surface area contributed by atoms with Gasteiger partial charge in [0.15, 0.2) is 0 Å². The minimum Gasteiger partial charge on any atom is -0.465 e. The standard InChI is InChI=1S/C25H17N5O3/c31-25(32)28-16-10-8-15(9-11-16)27-24-29-21(14-17-12-13-26-30(17)24)20-6-3-5-19-18-4-1-2-7-22(18)33-23(19)20/h1-14,28H,(H,27,29)(H,31,32). The van der Waals surface area contributed by atoms with Gasteiger partial charge in [0, 0.05) is 27.7 Å². The number of hydrogen-bond acceptors (Lipinski definition) is 5. The van der Waals surface area contributed by atoms with E-state index in [4.69, 9.17) is 14.5 Å². The monoisotopic (exact) mass is 435 g/mol. The number of anilines is 3. The number of hydrogen-bond donors (Lipinski definition) is 3. The van der Waals surface area contributed by atoms with Gasteiger partial charge >= 0.3 is 6.09 Å². The van der Waals surface area contributed by atoms with Crippen molar-refractivity contribution >= 4 is 50.9 Å². The Balaban J connectivity index is 1.46. The maximum Gasteiger partial charge on any atom is 0.409 e. The Morgan fingerprint density at radius 3 is 2.55 bits per heavy atom. The lowest BCUT2D eigenvalue weighted by molar-refractivity contribution is 0.209. The molecule has 6 aromatic rings. The highest BCUT2D eigenvalue weighted by Gasteiger charge is 2.15. The predicted octanol–water partition coefficient (Wildman–Crippen LogP) is 6.13. The first-order valence-corrected chi connectivity index (χ1v) is 10.3. The molecule has 3 heterocycles. The van der Waals surface area contributed by atoms with Gasteiger partial charge < -0.3 is 14.8 Å². The minimum absolute atomic E-state index is 0.482. The maximum absolute atomic E-state index is 10.8. The smallest absolute Gasteiger partial charge is 0.409 e. The molecule has 0 bridgehead atoms. The number of para-hydroxylation sites is 2. The van der Waals surface area contributed by atoms with Gasteiger partial charge in [-0.05, 0) is 48.5 Å². The van der Waals surface area contributed by atoms with Crippen molar-refractivity contribution in [2.24, 2.45) is 0 Å². The van der Waals surface area contributed by atoms with Crippen LogP contribution >= 0.6 is 0 Å². The Morgan fingerprint density at radius 2 is 1.70 bits per heavy atom. The second kappa shape index (κ2) is 7.38. The zero-order valence-corrected chi connectivity index (χ0v) is 17.2. The third-order valence-corrected chi connectivity index (χ3v) is 5.46. The summed E-state index contributed by atoms with van der Waals surface area (Å²) in [6.07, 6.45) is 0.608. The molecule has 8 nitrogen and oxygen atoms in total. The van der Waals surface area contributed by atoms with E-state index in [-0.39, 0.29) is 0 Å². The molecule has 0 aliphatic rings. The van der Waals surface area contributed by atoms with Crippen molar-refractivity contribution in [3.63, 3.8) is 0 Å². The topological polar surface area (TPSA) is 105 Å². The van der Waals surface area contributed by atoms with Gasteiger partial charge in [-0.1, -0.05) is 30.3 Å². The molecule has 0 saturated heterocycles. The van der Waals surface area contributed by atoms with Crippen molar-refractivity contribution in [2.75, 3.05) is 10.6 Å². The van der Waals surface area contributed by atoms with Crippen LogP contribution in [0.5, 0.6) is 0 Å². The SMILES string of the molecule is O=C(O)Nc1ccc(Nc2nc(-c3cccc4c3oc3ccccc34)cc3ccnn23)cc1. The quantitative estimate of drug-likeness (QED) is 0.308. The van der Waals surface area contributed by atoms with E-state index in [1.165, 1.54) is 0 Å². The number of fused-ring (bicyclic) bond motifs is 4. The van der Waals surface area contributed by atoms with Gasteiger partial charge in [0.25, 0.3) is 0 Å². The zero-order chi connectivity index (χ0) is 22.4. The van der Waals surface area contributed by atoms with Crippen molar-refractivity contribution in [2.45, 2.75) is 0 Å². The largest absolute Gasteiger partial charge is 0.465 e. The molecular weight excluding hydrogens is 418 g/mol. The third-order valence-electron chi connectivity index (χ3n) is 5.46. The van der Waals surface area contributed by atoms with E-state index in [1.54, 1.807) is 35.0 Å². The molecular formula is C25H17N5O3. The van der Waals surface area contributed by atoms with E-state index >= 15 is 0 Å². The van der Waals surface area contributed by atoms with E-state index < -0.39 is 6.09 Å². The Bertz CT molecular complexity index is 1650. The molecule has 3 aromatic carbocycles. The van der Waals surface area contributed by atoms with Gasteiger partial charge in [-0.25, -0.2) is 14.3 Å². The molecule has 0 saturated carbocycles.